The maximum Gasteiger partial charge on any atom is 0.224 e. The molecule has 1 unspecified atom stereocenters. The number of aromatic nitrogens is 1. The zero-order valence-electron chi connectivity index (χ0n) is 17.4. The molecular weight excluding hydrogens is 367 g/mol. The molecule has 1 heterocycles. The summed E-state index contributed by atoms with van der Waals surface area (Å²) < 4.78 is 18.2. The number of carbonyl (C=O) groups is 1. The van der Waals surface area contributed by atoms with Crippen LogP contribution < -0.4 is 5.32 Å². The molecular formula is C24H29FN2O2. The van der Waals surface area contributed by atoms with Crippen LogP contribution in [0.5, 0.6) is 0 Å². The molecule has 154 valence electrons. The quantitative estimate of drug-likeness (QED) is 0.593. The molecule has 0 radical (unpaired) electrons. The van der Waals surface area contributed by atoms with Gasteiger partial charge in [0.1, 0.15) is 0 Å². The molecule has 0 aromatic carbocycles. The van der Waals surface area contributed by atoms with Crippen LogP contribution in [-0.2, 0) is 16.0 Å². The lowest BCUT2D eigenvalue weighted by atomic mass is 9.89. The fourth-order valence-corrected chi connectivity index (χ4v) is 2.99. The van der Waals surface area contributed by atoms with Crippen molar-refractivity contribution in [3.05, 3.63) is 83.7 Å². The second-order valence-electron chi connectivity index (χ2n) is 7.07. The van der Waals surface area contributed by atoms with Gasteiger partial charge in [0.05, 0.1) is 30.3 Å². The summed E-state index contributed by atoms with van der Waals surface area (Å²) in [7, 11) is 0. The Hall–Kier alpha value is -2.95. The van der Waals surface area contributed by atoms with E-state index in [1.165, 1.54) is 18.6 Å². The van der Waals surface area contributed by atoms with E-state index < -0.39 is 0 Å². The third-order valence-electron chi connectivity index (χ3n) is 4.47. The van der Waals surface area contributed by atoms with Crippen molar-refractivity contribution in [1.29, 1.82) is 0 Å². The molecule has 0 aliphatic heterocycles. The van der Waals surface area contributed by atoms with Gasteiger partial charge in [-0.15, -0.1) is 0 Å². The predicted octanol–water partition coefficient (Wildman–Crippen LogP) is 5.07. The third kappa shape index (κ3) is 7.53. The number of ether oxygens (including phenoxy) is 1. The molecule has 1 N–H and O–H groups in total. The Morgan fingerprint density at radius 1 is 1.41 bits per heavy atom. The van der Waals surface area contributed by atoms with Crippen LogP contribution in [0.25, 0.3) is 5.57 Å². The highest BCUT2D eigenvalue weighted by atomic mass is 19.1. The van der Waals surface area contributed by atoms with Crippen LogP contribution in [0.15, 0.2) is 72.4 Å². The van der Waals surface area contributed by atoms with Crippen molar-refractivity contribution in [1.82, 2.24) is 10.3 Å². The van der Waals surface area contributed by atoms with Gasteiger partial charge in [-0.2, -0.15) is 0 Å². The molecule has 0 saturated heterocycles. The van der Waals surface area contributed by atoms with Gasteiger partial charge >= 0.3 is 0 Å². The largest absolute Gasteiger partial charge is 0.498 e. The fraction of sp³-hybridized carbons (Fsp3) is 0.333. The standard InChI is InChI=1S/C24H29FN2O2/c1-5-29-21-10-11-22(18(3)13-21)23-12-9-20(16-26-23)14-24(28)27-15-17(2)7-6-8-19(4)25/h6-12,16,18H,2,5,13-15H2,1,3-4H3,(H,27,28)/b7-6-,19-8+. The van der Waals surface area contributed by atoms with Crippen molar-refractivity contribution in [3.63, 3.8) is 0 Å². The lowest BCUT2D eigenvalue weighted by molar-refractivity contribution is -0.120. The Bertz CT molecular complexity index is 844. The average Bonchev–Trinajstić information content (AvgIpc) is 2.67. The van der Waals surface area contributed by atoms with Crippen LogP contribution in [0.2, 0.25) is 0 Å². The van der Waals surface area contributed by atoms with Crippen molar-refractivity contribution in [3.8, 4) is 0 Å². The van der Waals surface area contributed by atoms with Gasteiger partial charge in [0.25, 0.3) is 0 Å². The summed E-state index contributed by atoms with van der Waals surface area (Å²) in [6.45, 7) is 10.3. The molecule has 0 bridgehead atoms. The van der Waals surface area contributed by atoms with Crippen LogP contribution in [0.3, 0.4) is 0 Å². The molecule has 1 aromatic heterocycles. The smallest absolute Gasteiger partial charge is 0.224 e. The van der Waals surface area contributed by atoms with Crippen LogP contribution in [0.1, 0.15) is 38.4 Å². The maximum absolute atomic E-state index is 12.6. The van der Waals surface area contributed by atoms with Crippen LogP contribution in [0, 0.1) is 5.92 Å². The predicted molar refractivity (Wildman–Crippen MR) is 116 cm³/mol. The van der Waals surface area contributed by atoms with Crippen molar-refractivity contribution >= 4 is 11.5 Å². The minimum Gasteiger partial charge on any atom is -0.498 e. The lowest BCUT2D eigenvalue weighted by Crippen LogP contribution is -2.26. The van der Waals surface area contributed by atoms with Crippen molar-refractivity contribution in [2.24, 2.45) is 5.92 Å². The van der Waals surface area contributed by atoms with Crippen molar-refractivity contribution in [2.45, 2.75) is 33.6 Å². The highest BCUT2D eigenvalue weighted by Gasteiger charge is 2.18. The lowest BCUT2D eigenvalue weighted by Gasteiger charge is -2.21. The molecule has 0 spiro atoms. The van der Waals surface area contributed by atoms with E-state index in [1.807, 2.05) is 25.1 Å². The topological polar surface area (TPSA) is 51.2 Å². The van der Waals surface area contributed by atoms with E-state index in [-0.39, 0.29) is 18.2 Å². The molecule has 4 nitrogen and oxygen atoms in total. The number of hydrogen-bond donors (Lipinski definition) is 1. The van der Waals surface area contributed by atoms with Gasteiger partial charge in [-0.25, -0.2) is 4.39 Å². The Morgan fingerprint density at radius 3 is 2.83 bits per heavy atom. The fourth-order valence-electron chi connectivity index (χ4n) is 2.99. The first-order chi connectivity index (χ1) is 13.9. The number of nitrogens with one attached hydrogen (secondary N) is 1. The summed E-state index contributed by atoms with van der Waals surface area (Å²) >= 11 is 0. The summed E-state index contributed by atoms with van der Waals surface area (Å²) in [6, 6.07) is 3.89. The molecule has 1 aromatic rings. The molecule has 1 amide bonds. The van der Waals surface area contributed by atoms with Gasteiger partial charge in [-0.1, -0.05) is 37.8 Å². The minimum atomic E-state index is -0.279. The number of amides is 1. The molecule has 0 fully saturated rings. The van der Waals surface area contributed by atoms with Crippen LogP contribution >= 0.6 is 0 Å². The second-order valence-corrected chi connectivity index (χ2v) is 7.07. The van der Waals surface area contributed by atoms with E-state index in [0.717, 1.165) is 23.4 Å². The first kappa shape index (κ1) is 22.3. The normalized spacial score (nSPS) is 17.0. The van der Waals surface area contributed by atoms with E-state index >= 15 is 0 Å². The van der Waals surface area contributed by atoms with E-state index in [2.05, 4.69) is 29.9 Å². The second kappa shape index (κ2) is 11.1. The Labute approximate surface area is 172 Å². The zero-order chi connectivity index (χ0) is 21.2. The maximum atomic E-state index is 12.6. The van der Waals surface area contributed by atoms with Gasteiger partial charge in [0.15, 0.2) is 0 Å². The van der Waals surface area contributed by atoms with E-state index in [1.54, 1.807) is 18.3 Å². The monoisotopic (exact) mass is 396 g/mol. The highest BCUT2D eigenvalue weighted by molar-refractivity contribution is 5.79. The van der Waals surface area contributed by atoms with Gasteiger partial charge in [0, 0.05) is 19.2 Å². The summed E-state index contributed by atoms with van der Waals surface area (Å²) in [5.41, 5.74) is 3.63. The van der Waals surface area contributed by atoms with Gasteiger partial charge in [-0.3, -0.25) is 9.78 Å². The van der Waals surface area contributed by atoms with E-state index in [4.69, 9.17) is 4.74 Å². The summed E-state index contributed by atoms with van der Waals surface area (Å²) in [5, 5.41) is 2.81. The summed E-state index contributed by atoms with van der Waals surface area (Å²) in [6.07, 6.45) is 11.5. The molecule has 0 saturated carbocycles. The number of allylic oxidation sites excluding steroid dienone is 7. The van der Waals surface area contributed by atoms with E-state index in [0.29, 0.717) is 24.6 Å². The number of halogens is 1. The zero-order valence-corrected chi connectivity index (χ0v) is 17.4. The number of hydrogen-bond acceptors (Lipinski definition) is 3. The average molecular weight is 397 g/mol. The van der Waals surface area contributed by atoms with Crippen LogP contribution in [-0.4, -0.2) is 24.0 Å². The Balaban J connectivity index is 1.89. The molecule has 1 atom stereocenters. The van der Waals surface area contributed by atoms with Crippen molar-refractivity contribution < 1.29 is 13.9 Å². The Kier molecular flexibility index (Phi) is 8.59. The van der Waals surface area contributed by atoms with Gasteiger partial charge < -0.3 is 10.1 Å². The highest BCUT2D eigenvalue weighted by Crippen LogP contribution is 2.31. The summed E-state index contributed by atoms with van der Waals surface area (Å²) in [4.78, 5) is 16.7. The first-order valence-corrected chi connectivity index (χ1v) is 9.82. The number of rotatable bonds is 9. The van der Waals surface area contributed by atoms with E-state index in [9.17, 15) is 9.18 Å². The molecule has 5 heteroatoms. The SMILES string of the molecule is C=C(/C=C\C=C(/C)F)CNC(=O)Cc1ccc(C2=CC=C(OCC)CC2C)nc1. The van der Waals surface area contributed by atoms with Gasteiger partial charge in [-0.05, 0) is 54.7 Å². The summed E-state index contributed by atoms with van der Waals surface area (Å²) in [5.74, 6) is 0.946. The molecule has 29 heavy (non-hydrogen) atoms. The van der Waals surface area contributed by atoms with Crippen LogP contribution in [0.4, 0.5) is 4.39 Å². The molecule has 2 rings (SSSR count). The molecule has 1 aliphatic carbocycles. The minimum absolute atomic E-state index is 0.110. The number of nitrogens with zero attached hydrogens (tertiary/aromatic N) is 1. The number of carbonyl (C=O) groups excluding carboxylic acids is 1. The van der Waals surface area contributed by atoms with Gasteiger partial charge in [0.2, 0.25) is 5.91 Å². The first-order valence-electron chi connectivity index (χ1n) is 9.82. The third-order valence-corrected chi connectivity index (χ3v) is 4.47. The Morgan fingerprint density at radius 2 is 2.21 bits per heavy atom. The van der Waals surface area contributed by atoms with Crippen molar-refractivity contribution in [2.75, 3.05) is 13.2 Å². The number of pyridine rings is 1. The molecule has 1 aliphatic rings.